The summed E-state index contributed by atoms with van der Waals surface area (Å²) in [5.41, 5.74) is 0.247. The van der Waals surface area contributed by atoms with Crippen molar-refractivity contribution in [1.29, 1.82) is 5.26 Å². The number of hydrogen-bond acceptors (Lipinski definition) is 5. The highest BCUT2D eigenvalue weighted by molar-refractivity contribution is 5.82. The zero-order chi connectivity index (χ0) is 13.0. The molecule has 0 radical (unpaired) electrons. The van der Waals surface area contributed by atoms with Crippen molar-refractivity contribution in [2.24, 2.45) is 5.92 Å². The Morgan fingerprint density at radius 2 is 2.35 bits per heavy atom. The Morgan fingerprint density at radius 1 is 1.71 bits per heavy atom. The van der Waals surface area contributed by atoms with Crippen LogP contribution in [0.1, 0.15) is 6.92 Å². The molecule has 0 aromatic carbocycles. The molecule has 0 aromatic heterocycles. The number of carbonyl (C=O) groups excluding carboxylic acids is 1. The third-order valence-corrected chi connectivity index (χ3v) is 2.54. The minimum atomic E-state index is -1.04. The van der Waals surface area contributed by atoms with Gasteiger partial charge >= 0.3 is 11.9 Å². The number of hydrogen-bond donors (Lipinski definition) is 1. The van der Waals surface area contributed by atoms with E-state index in [1.54, 1.807) is 6.08 Å². The van der Waals surface area contributed by atoms with E-state index in [2.05, 4.69) is 4.74 Å². The van der Waals surface area contributed by atoms with Crippen molar-refractivity contribution in [1.82, 2.24) is 4.90 Å². The van der Waals surface area contributed by atoms with Gasteiger partial charge in [0.1, 0.15) is 6.04 Å². The molecule has 0 bridgehead atoms. The number of carboxylic acid groups (broad SMARTS) is 1. The van der Waals surface area contributed by atoms with Gasteiger partial charge in [-0.05, 0) is 5.92 Å². The van der Waals surface area contributed by atoms with Crippen LogP contribution in [0, 0.1) is 17.2 Å². The van der Waals surface area contributed by atoms with Gasteiger partial charge in [0.15, 0.2) is 0 Å². The van der Waals surface area contributed by atoms with Crippen molar-refractivity contribution in [2.45, 2.75) is 13.0 Å². The normalized spacial score (nSPS) is 24.6. The summed E-state index contributed by atoms with van der Waals surface area (Å²) in [5.74, 6) is -1.61. The van der Waals surface area contributed by atoms with E-state index in [0.717, 1.165) is 0 Å². The maximum atomic E-state index is 11.6. The van der Waals surface area contributed by atoms with Gasteiger partial charge in [-0.2, -0.15) is 5.26 Å². The summed E-state index contributed by atoms with van der Waals surface area (Å²) in [6.07, 6.45) is 1.68. The van der Waals surface area contributed by atoms with Crippen LogP contribution in [0.15, 0.2) is 11.6 Å². The number of carboxylic acids is 1. The number of rotatable bonds is 3. The molecule has 92 valence electrons. The molecule has 0 aromatic rings. The molecule has 0 saturated carbocycles. The molecule has 0 amide bonds. The number of esters is 1. The lowest BCUT2D eigenvalue weighted by Gasteiger charge is -2.33. The second-order valence-corrected chi connectivity index (χ2v) is 3.96. The average molecular weight is 238 g/mol. The summed E-state index contributed by atoms with van der Waals surface area (Å²) < 4.78 is 4.60. The largest absolute Gasteiger partial charge is 0.480 e. The minimum absolute atomic E-state index is 0.0323. The SMILES string of the molecule is COC(=O)C1C(C#N)=CC(C)CN1CC(=O)O. The molecule has 2 atom stereocenters. The number of nitriles is 1. The highest BCUT2D eigenvalue weighted by Gasteiger charge is 2.35. The lowest BCUT2D eigenvalue weighted by atomic mass is 9.95. The zero-order valence-electron chi connectivity index (χ0n) is 9.71. The van der Waals surface area contributed by atoms with Gasteiger partial charge in [0, 0.05) is 6.54 Å². The van der Waals surface area contributed by atoms with Crippen molar-refractivity contribution in [3.63, 3.8) is 0 Å². The molecule has 0 aliphatic carbocycles. The predicted molar refractivity (Wildman–Crippen MR) is 57.9 cm³/mol. The molecule has 1 N–H and O–H groups in total. The highest BCUT2D eigenvalue weighted by Crippen LogP contribution is 2.21. The lowest BCUT2D eigenvalue weighted by Crippen LogP contribution is -2.49. The van der Waals surface area contributed by atoms with E-state index in [4.69, 9.17) is 10.4 Å². The number of nitrogens with zero attached hydrogens (tertiary/aromatic N) is 2. The summed E-state index contributed by atoms with van der Waals surface area (Å²) in [7, 11) is 1.22. The van der Waals surface area contributed by atoms with Gasteiger partial charge in [-0.15, -0.1) is 0 Å². The van der Waals surface area contributed by atoms with Gasteiger partial charge in [-0.3, -0.25) is 9.69 Å². The van der Waals surface area contributed by atoms with Crippen LogP contribution in [0.25, 0.3) is 0 Å². The Morgan fingerprint density at radius 3 is 2.82 bits per heavy atom. The standard InChI is InChI=1S/C11H14N2O4/c1-7-3-8(4-12)10(11(16)17-2)13(5-7)6-9(14)15/h3,7,10H,5-6H2,1-2H3,(H,14,15). The molecule has 0 saturated heterocycles. The lowest BCUT2D eigenvalue weighted by molar-refractivity contribution is -0.148. The van der Waals surface area contributed by atoms with Crippen LogP contribution < -0.4 is 0 Å². The minimum Gasteiger partial charge on any atom is -0.480 e. The van der Waals surface area contributed by atoms with Gasteiger partial charge in [-0.1, -0.05) is 13.0 Å². The maximum Gasteiger partial charge on any atom is 0.328 e. The summed E-state index contributed by atoms with van der Waals surface area (Å²) in [6.45, 7) is 1.99. The summed E-state index contributed by atoms with van der Waals surface area (Å²) >= 11 is 0. The molecule has 0 spiro atoms. The fraction of sp³-hybridized carbons (Fsp3) is 0.545. The first-order valence-electron chi connectivity index (χ1n) is 5.15. The first-order chi connectivity index (χ1) is 7.99. The third-order valence-electron chi connectivity index (χ3n) is 2.54. The zero-order valence-corrected chi connectivity index (χ0v) is 9.71. The Hall–Kier alpha value is -1.87. The number of methoxy groups -OCH3 is 1. The molecule has 1 aliphatic heterocycles. The molecular formula is C11H14N2O4. The van der Waals surface area contributed by atoms with Gasteiger partial charge in [0.25, 0.3) is 0 Å². The maximum absolute atomic E-state index is 11.6. The molecule has 1 heterocycles. The van der Waals surface area contributed by atoms with Crippen molar-refractivity contribution >= 4 is 11.9 Å². The topological polar surface area (TPSA) is 90.6 Å². The van der Waals surface area contributed by atoms with Crippen LogP contribution in [0.4, 0.5) is 0 Å². The van der Waals surface area contributed by atoms with Gasteiger partial charge in [0.2, 0.25) is 0 Å². The molecule has 2 unspecified atom stereocenters. The van der Waals surface area contributed by atoms with Gasteiger partial charge in [0.05, 0.1) is 25.3 Å². The number of carbonyl (C=O) groups is 2. The van der Waals surface area contributed by atoms with Crippen molar-refractivity contribution < 1.29 is 19.4 Å². The van der Waals surface area contributed by atoms with E-state index in [1.807, 2.05) is 13.0 Å². The van der Waals surface area contributed by atoms with E-state index in [0.29, 0.717) is 6.54 Å². The highest BCUT2D eigenvalue weighted by atomic mass is 16.5. The van der Waals surface area contributed by atoms with Crippen LogP contribution in [0.5, 0.6) is 0 Å². The van der Waals surface area contributed by atoms with Crippen LogP contribution in [0.3, 0.4) is 0 Å². The predicted octanol–water partition coefficient (Wildman–Crippen LogP) is 0.0143. The van der Waals surface area contributed by atoms with E-state index < -0.39 is 18.0 Å². The third kappa shape index (κ3) is 3.04. The van der Waals surface area contributed by atoms with Crippen molar-refractivity contribution in [2.75, 3.05) is 20.2 Å². The number of ether oxygens (including phenoxy) is 1. The first kappa shape index (κ1) is 13.2. The van der Waals surface area contributed by atoms with Gasteiger partial charge < -0.3 is 9.84 Å². The van der Waals surface area contributed by atoms with Crippen LogP contribution in [0.2, 0.25) is 0 Å². The van der Waals surface area contributed by atoms with Crippen molar-refractivity contribution in [3.05, 3.63) is 11.6 Å². The van der Waals surface area contributed by atoms with Gasteiger partial charge in [-0.25, -0.2) is 4.79 Å². The molecule has 6 heteroatoms. The molecule has 17 heavy (non-hydrogen) atoms. The van der Waals surface area contributed by atoms with E-state index >= 15 is 0 Å². The monoisotopic (exact) mass is 238 g/mol. The average Bonchev–Trinajstić information content (AvgIpc) is 2.26. The Labute approximate surface area is 99.1 Å². The molecule has 1 rings (SSSR count). The van der Waals surface area contributed by atoms with Crippen LogP contribution in [-0.4, -0.2) is 48.2 Å². The second-order valence-electron chi connectivity index (χ2n) is 3.96. The van der Waals surface area contributed by atoms with E-state index in [9.17, 15) is 9.59 Å². The first-order valence-corrected chi connectivity index (χ1v) is 5.15. The van der Waals surface area contributed by atoms with Crippen LogP contribution >= 0.6 is 0 Å². The fourth-order valence-electron chi connectivity index (χ4n) is 1.94. The smallest absolute Gasteiger partial charge is 0.328 e. The number of aliphatic carboxylic acids is 1. The molecular weight excluding hydrogens is 224 g/mol. The summed E-state index contributed by atoms with van der Waals surface area (Å²) in [5, 5.41) is 17.8. The van der Waals surface area contributed by atoms with Crippen molar-refractivity contribution in [3.8, 4) is 6.07 Å². The summed E-state index contributed by atoms with van der Waals surface area (Å²) in [6, 6.07) is 1.02. The Bertz CT molecular complexity index is 397. The van der Waals surface area contributed by atoms with E-state index in [-0.39, 0.29) is 18.0 Å². The quantitative estimate of drug-likeness (QED) is 0.697. The Kier molecular flexibility index (Phi) is 4.24. The second kappa shape index (κ2) is 5.46. The van der Waals surface area contributed by atoms with Crippen LogP contribution in [-0.2, 0) is 14.3 Å². The summed E-state index contributed by atoms with van der Waals surface area (Å²) in [4.78, 5) is 23.8. The Balaban J connectivity index is 3.03. The fourth-order valence-corrected chi connectivity index (χ4v) is 1.94. The molecule has 0 fully saturated rings. The molecule has 6 nitrogen and oxygen atoms in total. The van der Waals surface area contributed by atoms with E-state index in [1.165, 1.54) is 12.0 Å². The molecule has 1 aliphatic rings.